The van der Waals surface area contributed by atoms with Gasteiger partial charge in [-0.1, -0.05) is 48.0 Å². The first-order chi connectivity index (χ1) is 18.5. The fourth-order valence-corrected chi connectivity index (χ4v) is 5.87. The molecule has 0 aliphatic carbocycles. The molecule has 3 aliphatic rings. The summed E-state index contributed by atoms with van der Waals surface area (Å²) < 4.78 is 5.43. The van der Waals surface area contributed by atoms with E-state index in [1.165, 1.54) is 11.1 Å². The number of anilines is 1. The molecule has 4 heterocycles. The topological polar surface area (TPSA) is 87.7 Å². The van der Waals surface area contributed by atoms with Crippen molar-refractivity contribution in [1.29, 1.82) is 0 Å². The number of fused-ring (bicyclic) bond motifs is 2. The SMILES string of the molecule is CC1c2ccccc2CCN1C(=O)CN1Cc2ccc(-c3nc(NC4CCOCC4)ncc3Cl)cc2C1=O. The Labute approximate surface area is 227 Å². The van der Waals surface area contributed by atoms with Crippen molar-refractivity contribution in [3.63, 3.8) is 0 Å². The summed E-state index contributed by atoms with van der Waals surface area (Å²) in [4.78, 5) is 39.2. The number of rotatable bonds is 5. The molecule has 0 spiro atoms. The van der Waals surface area contributed by atoms with Gasteiger partial charge < -0.3 is 19.9 Å². The standard InChI is InChI=1S/C29H30ClN5O3/c1-18-23-5-3-2-4-19(23)8-11-35(18)26(36)17-34-16-21-7-6-20(14-24(21)28(34)37)27-25(30)15-31-29(33-27)32-22-9-12-38-13-10-22/h2-7,14-15,18,22H,8-13,16-17H2,1H3,(H,31,32,33). The zero-order valence-corrected chi connectivity index (χ0v) is 22.1. The molecule has 8 nitrogen and oxygen atoms in total. The van der Waals surface area contributed by atoms with E-state index in [4.69, 9.17) is 16.3 Å². The van der Waals surface area contributed by atoms with Gasteiger partial charge in [-0.15, -0.1) is 0 Å². The Morgan fingerprint density at radius 1 is 1.16 bits per heavy atom. The van der Waals surface area contributed by atoms with Crippen LogP contribution in [0.3, 0.4) is 0 Å². The van der Waals surface area contributed by atoms with Gasteiger partial charge >= 0.3 is 0 Å². The van der Waals surface area contributed by atoms with Gasteiger partial charge in [0.25, 0.3) is 5.91 Å². The van der Waals surface area contributed by atoms with Crippen LogP contribution in [0.4, 0.5) is 5.95 Å². The highest BCUT2D eigenvalue weighted by Gasteiger charge is 2.33. The van der Waals surface area contributed by atoms with Crippen molar-refractivity contribution < 1.29 is 14.3 Å². The number of halogens is 1. The Morgan fingerprint density at radius 3 is 2.82 bits per heavy atom. The molecule has 0 bridgehead atoms. The third-order valence-electron chi connectivity index (χ3n) is 7.80. The summed E-state index contributed by atoms with van der Waals surface area (Å²) in [5.41, 5.74) is 5.27. The van der Waals surface area contributed by atoms with Crippen LogP contribution in [0.2, 0.25) is 5.02 Å². The van der Waals surface area contributed by atoms with E-state index in [1.54, 1.807) is 11.1 Å². The lowest BCUT2D eigenvalue weighted by molar-refractivity contribution is -0.134. The fourth-order valence-electron chi connectivity index (χ4n) is 5.67. The largest absolute Gasteiger partial charge is 0.381 e. The van der Waals surface area contributed by atoms with Crippen molar-refractivity contribution in [2.24, 2.45) is 0 Å². The summed E-state index contributed by atoms with van der Waals surface area (Å²) in [5.74, 6) is 0.328. The first-order valence-electron chi connectivity index (χ1n) is 13.1. The molecule has 1 saturated heterocycles. The number of nitrogens with one attached hydrogen (secondary N) is 1. The Balaban J connectivity index is 1.17. The van der Waals surface area contributed by atoms with Gasteiger partial charge in [-0.05, 0) is 48.9 Å². The zero-order chi connectivity index (χ0) is 26.2. The van der Waals surface area contributed by atoms with Crippen LogP contribution in [0.5, 0.6) is 0 Å². The van der Waals surface area contributed by atoms with E-state index < -0.39 is 0 Å². The molecule has 3 aliphatic heterocycles. The summed E-state index contributed by atoms with van der Waals surface area (Å²) in [6, 6.07) is 14.2. The molecule has 196 valence electrons. The average Bonchev–Trinajstić information content (AvgIpc) is 3.24. The molecule has 1 unspecified atom stereocenters. The molecule has 0 radical (unpaired) electrons. The van der Waals surface area contributed by atoms with E-state index in [0.717, 1.165) is 30.4 Å². The Morgan fingerprint density at radius 2 is 1.97 bits per heavy atom. The van der Waals surface area contributed by atoms with E-state index in [9.17, 15) is 9.59 Å². The third kappa shape index (κ3) is 4.74. The molecule has 2 amide bonds. The van der Waals surface area contributed by atoms with E-state index in [-0.39, 0.29) is 30.4 Å². The highest BCUT2D eigenvalue weighted by Crippen LogP contribution is 2.33. The first-order valence-corrected chi connectivity index (χ1v) is 13.5. The predicted octanol–water partition coefficient (Wildman–Crippen LogP) is 4.49. The predicted molar refractivity (Wildman–Crippen MR) is 145 cm³/mol. The fraction of sp³-hybridized carbons (Fsp3) is 0.379. The first kappa shape index (κ1) is 24.8. The van der Waals surface area contributed by atoms with Gasteiger partial charge in [0, 0.05) is 43.5 Å². The number of ether oxygens (including phenoxy) is 1. The second-order valence-electron chi connectivity index (χ2n) is 10.2. The summed E-state index contributed by atoms with van der Waals surface area (Å²) in [6.07, 6.45) is 4.20. The molecule has 1 fully saturated rings. The molecule has 9 heteroatoms. The number of hydrogen-bond acceptors (Lipinski definition) is 6. The zero-order valence-electron chi connectivity index (χ0n) is 21.3. The van der Waals surface area contributed by atoms with E-state index in [2.05, 4.69) is 34.3 Å². The monoisotopic (exact) mass is 531 g/mol. The van der Waals surface area contributed by atoms with Crippen molar-refractivity contribution in [3.05, 3.63) is 75.9 Å². The maximum Gasteiger partial charge on any atom is 0.254 e. The normalized spacial score (nSPS) is 19.3. The molecular weight excluding hydrogens is 502 g/mol. The molecule has 6 rings (SSSR count). The summed E-state index contributed by atoms with van der Waals surface area (Å²) in [7, 11) is 0. The lowest BCUT2D eigenvalue weighted by Crippen LogP contribution is -2.44. The van der Waals surface area contributed by atoms with Gasteiger partial charge in [-0.2, -0.15) is 0 Å². The smallest absolute Gasteiger partial charge is 0.254 e. The highest BCUT2D eigenvalue weighted by molar-refractivity contribution is 6.33. The summed E-state index contributed by atoms with van der Waals surface area (Å²) in [5, 5.41) is 3.79. The van der Waals surface area contributed by atoms with Gasteiger partial charge in [0.15, 0.2) is 0 Å². The minimum Gasteiger partial charge on any atom is -0.381 e. The van der Waals surface area contributed by atoms with E-state index in [1.807, 2.05) is 35.2 Å². The van der Waals surface area contributed by atoms with Crippen LogP contribution in [0.15, 0.2) is 48.7 Å². The molecule has 38 heavy (non-hydrogen) atoms. The molecule has 1 aromatic heterocycles. The van der Waals surface area contributed by atoms with Crippen molar-refractivity contribution in [2.45, 2.75) is 44.8 Å². The second-order valence-corrected chi connectivity index (χ2v) is 10.6. The number of benzene rings is 2. The maximum absolute atomic E-state index is 13.4. The van der Waals surface area contributed by atoms with Crippen LogP contribution < -0.4 is 5.32 Å². The quantitative estimate of drug-likeness (QED) is 0.522. The van der Waals surface area contributed by atoms with Crippen LogP contribution in [0.1, 0.15) is 52.9 Å². The molecule has 1 atom stereocenters. The lowest BCUT2D eigenvalue weighted by Gasteiger charge is -2.36. The van der Waals surface area contributed by atoms with Gasteiger partial charge in [-0.25, -0.2) is 9.97 Å². The molecule has 2 aromatic carbocycles. The number of aromatic nitrogens is 2. The van der Waals surface area contributed by atoms with Gasteiger partial charge in [-0.3, -0.25) is 9.59 Å². The minimum atomic E-state index is -0.147. The van der Waals surface area contributed by atoms with Crippen molar-refractivity contribution in [1.82, 2.24) is 19.8 Å². The highest BCUT2D eigenvalue weighted by atomic mass is 35.5. The lowest BCUT2D eigenvalue weighted by atomic mass is 9.93. The summed E-state index contributed by atoms with van der Waals surface area (Å²) >= 11 is 6.48. The third-order valence-corrected chi connectivity index (χ3v) is 8.08. The van der Waals surface area contributed by atoms with Crippen LogP contribution in [0, 0.1) is 0 Å². The van der Waals surface area contributed by atoms with Crippen LogP contribution in [-0.2, 0) is 22.5 Å². The maximum atomic E-state index is 13.4. The molecular formula is C29H30ClN5O3. The number of hydrogen-bond donors (Lipinski definition) is 1. The number of nitrogens with zero attached hydrogens (tertiary/aromatic N) is 4. The molecule has 0 saturated carbocycles. The van der Waals surface area contributed by atoms with Crippen molar-refractivity contribution in [2.75, 3.05) is 31.6 Å². The van der Waals surface area contributed by atoms with Crippen molar-refractivity contribution in [3.8, 4) is 11.3 Å². The van der Waals surface area contributed by atoms with E-state index in [0.29, 0.717) is 48.5 Å². The van der Waals surface area contributed by atoms with Crippen molar-refractivity contribution >= 4 is 29.4 Å². The average molecular weight is 532 g/mol. The Bertz CT molecular complexity index is 1390. The Hall–Kier alpha value is -3.49. The summed E-state index contributed by atoms with van der Waals surface area (Å²) in [6.45, 7) is 4.61. The second kappa shape index (κ2) is 10.3. The number of amides is 2. The number of carbonyl (C=O) groups excluding carboxylic acids is 2. The minimum absolute atomic E-state index is 0.0111. The van der Waals surface area contributed by atoms with E-state index >= 15 is 0 Å². The van der Waals surface area contributed by atoms with Crippen LogP contribution in [-0.4, -0.2) is 63.9 Å². The van der Waals surface area contributed by atoms with Gasteiger partial charge in [0.2, 0.25) is 11.9 Å². The van der Waals surface area contributed by atoms with Gasteiger partial charge in [0.1, 0.15) is 6.54 Å². The molecule has 3 aromatic rings. The van der Waals surface area contributed by atoms with Crippen LogP contribution in [0.25, 0.3) is 11.3 Å². The van der Waals surface area contributed by atoms with Crippen LogP contribution >= 0.6 is 11.6 Å². The Kier molecular flexibility index (Phi) is 6.76. The molecule has 1 N–H and O–H groups in total. The number of carbonyl (C=O) groups is 2. The van der Waals surface area contributed by atoms with Gasteiger partial charge in [0.05, 0.1) is 23.0 Å².